The summed E-state index contributed by atoms with van der Waals surface area (Å²) in [7, 11) is -3.31. The summed E-state index contributed by atoms with van der Waals surface area (Å²) >= 11 is 0. The van der Waals surface area contributed by atoms with E-state index in [0.717, 1.165) is 48.1 Å². The van der Waals surface area contributed by atoms with Crippen LogP contribution in [0.1, 0.15) is 37.4 Å². The van der Waals surface area contributed by atoms with Crippen molar-refractivity contribution in [2.75, 3.05) is 15.9 Å². The molecule has 8 heteroatoms. The Morgan fingerprint density at radius 2 is 1.83 bits per heavy atom. The lowest BCUT2D eigenvalue weighted by molar-refractivity contribution is -0.123. The number of anilines is 2. The van der Waals surface area contributed by atoms with E-state index in [2.05, 4.69) is 20.9 Å². The van der Waals surface area contributed by atoms with Gasteiger partial charge in [-0.2, -0.15) is 0 Å². The van der Waals surface area contributed by atoms with Gasteiger partial charge in [0.05, 0.1) is 11.4 Å². The number of sulfonamides is 1. The van der Waals surface area contributed by atoms with Gasteiger partial charge >= 0.3 is 0 Å². The lowest BCUT2D eigenvalue weighted by Crippen LogP contribution is -2.36. The van der Waals surface area contributed by atoms with Crippen LogP contribution in [0.2, 0.25) is 0 Å². The normalized spacial score (nSPS) is 20.6. The molecule has 0 radical (unpaired) electrons. The number of carbonyl (C=O) groups is 1. The predicted molar refractivity (Wildman–Crippen MR) is 112 cm³/mol. The highest BCUT2D eigenvalue weighted by Crippen LogP contribution is 2.35. The van der Waals surface area contributed by atoms with Crippen molar-refractivity contribution in [1.29, 1.82) is 0 Å². The molecule has 29 heavy (non-hydrogen) atoms. The van der Waals surface area contributed by atoms with Gasteiger partial charge < -0.3 is 10.7 Å². The summed E-state index contributed by atoms with van der Waals surface area (Å²) in [6.45, 7) is 0. The standard InChI is InChI=1S/C21H24N4O3S/c26-21(14-6-7-14)22-20-18-9-8-16(11-19(18)23-24-20)15-2-1-3-17(10-15)25-29(27,28)12-13-4-5-13/h1-3,8-11,13-14,20,23-25H,4-7,12H2,(H,22,26). The molecular formula is C21H24N4O3S. The van der Waals surface area contributed by atoms with E-state index < -0.39 is 10.0 Å². The van der Waals surface area contributed by atoms with Crippen molar-refractivity contribution in [2.24, 2.45) is 11.8 Å². The van der Waals surface area contributed by atoms with Gasteiger partial charge in [-0.25, -0.2) is 13.8 Å². The molecule has 0 saturated heterocycles. The number of nitrogens with one attached hydrogen (secondary N) is 4. The number of hydrazine groups is 1. The molecule has 2 aromatic carbocycles. The fraction of sp³-hybridized carbons (Fsp3) is 0.381. The maximum absolute atomic E-state index is 12.3. The van der Waals surface area contributed by atoms with Crippen molar-refractivity contribution >= 4 is 27.3 Å². The summed E-state index contributed by atoms with van der Waals surface area (Å²) in [6.07, 6.45) is 3.70. The summed E-state index contributed by atoms with van der Waals surface area (Å²) in [6, 6.07) is 13.4. The maximum atomic E-state index is 12.3. The Kier molecular flexibility index (Phi) is 4.48. The zero-order valence-electron chi connectivity index (χ0n) is 15.9. The van der Waals surface area contributed by atoms with E-state index in [9.17, 15) is 13.2 Å². The Hall–Kier alpha value is -2.58. The van der Waals surface area contributed by atoms with Crippen LogP contribution in [0, 0.1) is 11.8 Å². The van der Waals surface area contributed by atoms with Crippen LogP contribution in [-0.2, 0) is 14.8 Å². The Morgan fingerprint density at radius 3 is 2.59 bits per heavy atom. The van der Waals surface area contributed by atoms with Crippen molar-refractivity contribution in [1.82, 2.24) is 10.7 Å². The summed E-state index contributed by atoms with van der Waals surface area (Å²) in [4.78, 5) is 12.0. The van der Waals surface area contributed by atoms with Crippen LogP contribution >= 0.6 is 0 Å². The van der Waals surface area contributed by atoms with Crippen molar-refractivity contribution in [2.45, 2.75) is 31.8 Å². The van der Waals surface area contributed by atoms with Gasteiger partial charge in [-0.1, -0.05) is 24.3 Å². The van der Waals surface area contributed by atoms with Gasteiger partial charge in [0.25, 0.3) is 0 Å². The quantitative estimate of drug-likeness (QED) is 0.560. The molecule has 4 N–H and O–H groups in total. The van der Waals surface area contributed by atoms with Gasteiger partial charge in [0.1, 0.15) is 6.17 Å². The first-order chi connectivity index (χ1) is 14.0. The largest absolute Gasteiger partial charge is 0.335 e. The number of amides is 1. The number of fused-ring (bicyclic) bond motifs is 1. The highest BCUT2D eigenvalue weighted by Gasteiger charge is 2.33. The lowest BCUT2D eigenvalue weighted by Gasteiger charge is -2.13. The zero-order valence-corrected chi connectivity index (χ0v) is 16.8. The fourth-order valence-electron chi connectivity index (χ4n) is 3.62. The van der Waals surface area contributed by atoms with Crippen LogP contribution in [0.3, 0.4) is 0 Å². The zero-order chi connectivity index (χ0) is 20.0. The topological polar surface area (TPSA) is 99.3 Å². The van der Waals surface area contributed by atoms with Gasteiger partial charge in [0, 0.05) is 17.2 Å². The average Bonchev–Trinajstić information content (AvgIpc) is 3.61. The summed E-state index contributed by atoms with van der Waals surface area (Å²) < 4.78 is 27.2. The van der Waals surface area contributed by atoms with Crippen LogP contribution in [0.4, 0.5) is 11.4 Å². The van der Waals surface area contributed by atoms with E-state index in [-0.39, 0.29) is 23.7 Å². The van der Waals surface area contributed by atoms with Crippen molar-refractivity contribution in [3.63, 3.8) is 0 Å². The second-order valence-electron chi connectivity index (χ2n) is 8.19. The smallest absolute Gasteiger partial charge is 0.232 e. The monoisotopic (exact) mass is 412 g/mol. The van der Waals surface area contributed by atoms with Gasteiger partial charge in [0.15, 0.2) is 0 Å². The van der Waals surface area contributed by atoms with E-state index in [0.29, 0.717) is 11.6 Å². The van der Waals surface area contributed by atoms with Crippen molar-refractivity contribution in [3.8, 4) is 11.1 Å². The fourth-order valence-corrected chi connectivity index (χ4v) is 5.14. The van der Waals surface area contributed by atoms with Gasteiger partial charge in [0.2, 0.25) is 15.9 Å². The molecule has 2 saturated carbocycles. The Morgan fingerprint density at radius 1 is 1.03 bits per heavy atom. The SMILES string of the molecule is O=C(NC1NNc2cc(-c3cccc(NS(=O)(=O)CC4CC4)c3)ccc21)C1CC1. The number of hydrogen-bond acceptors (Lipinski definition) is 5. The van der Waals surface area contributed by atoms with E-state index in [1.165, 1.54) is 0 Å². The van der Waals surface area contributed by atoms with Crippen LogP contribution in [-0.4, -0.2) is 20.1 Å². The van der Waals surface area contributed by atoms with Crippen LogP contribution in [0.5, 0.6) is 0 Å². The molecule has 2 aromatic rings. The van der Waals surface area contributed by atoms with E-state index in [4.69, 9.17) is 0 Å². The van der Waals surface area contributed by atoms with Crippen LogP contribution in [0.25, 0.3) is 11.1 Å². The number of benzene rings is 2. The van der Waals surface area contributed by atoms with Crippen LogP contribution < -0.4 is 20.9 Å². The highest BCUT2D eigenvalue weighted by atomic mass is 32.2. The van der Waals surface area contributed by atoms with Gasteiger partial charge in [-0.15, -0.1) is 0 Å². The molecule has 1 atom stereocenters. The molecule has 2 fully saturated rings. The first-order valence-corrected chi connectivity index (χ1v) is 11.7. The molecule has 152 valence electrons. The number of hydrogen-bond donors (Lipinski definition) is 4. The molecule has 7 nitrogen and oxygen atoms in total. The predicted octanol–water partition coefficient (Wildman–Crippen LogP) is 2.96. The van der Waals surface area contributed by atoms with Crippen molar-refractivity contribution < 1.29 is 13.2 Å². The second kappa shape index (κ2) is 7.03. The molecule has 1 unspecified atom stereocenters. The molecule has 3 aliphatic rings. The average molecular weight is 413 g/mol. The third-order valence-corrected chi connectivity index (χ3v) is 7.03. The first kappa shape index (κ1) is 18.4. The minimum absolute atomic E-state index is 0.0902. The van der Waals surface area contributed by atoms with Crippen LogP contribution in [0.15, 0.2) is 42.5 Å². The second-order valence-corrected chi connectivity index (χ2v) is 9.96. The third-order valence-electron chi connectivity index (χ3n) is 5.57. The lowest BCUT2D eigenvalue weighted by atomic mass is 10.0. The number of rotatable bonds is 7. The van der Waals surface area contributed by atoms with Crippen molar-refractivity contribution in [3.05, 3.63) is 48.0 Å². The molecular weight excluding hydrogens is 388 g/mol. The molecule has 1 heterocycles. The molecule has 0 spiro atoms. The Labute approximate surface area is 170 Å². The molecule has 0 bridgehead atoms. The Balaban J connectivity index is 1.33. The highest BCUT2D eigenvalue weighted by molar-refractivity contribution is 7.92. The maximum Gasteiger partial charge on any atom is 0.232 e. The number of carbonyl (C=O) groups excluding carboxylic acids is 1. The molecule has 1 aliphatic heterocycles. The van der Waals surface area contributed by atoms with Gasteiger partial charge in [-0.3, -0.25) is 9.52 Å². The molecule has 1 amide bonds. The third kappa shape index (κ3) is 4.23. The molecule has 5 rings (SSSR count). The summed E-state index contributed by atoms with van der Waals surface area (Å²) in [5.74, 6) is 0.748. The van der Waals surface area contributed by atoms with Gasteiger partial charge in [-0.05, 0) is 60.9 Å². The van der Waals surface area contributed by atoms with E-state index in [1.54, 1.807) is 6.07 Å². The summed E-state index contributed by atoms with van der Waals surface area (Å²) in [5.41, 5.74) is 10.6. The van der Waals surface area contributed by atoms with E-state index >= 15 is 0 Å². The van der Waals surface area contributed by atoms with E-state index in [1.807, 2.05) is 36.4 Å². The molecule has 0 aromatic heterocycles. The minimum atomic E-state index is -3.31. The summed E-state index contributed by atoms with van der Waals surface area (Å²) in [5, 5.41) is 3.02. The first-order valence-electron chi connectivity index (χ1n) is 10.0. The minimum Gasteiger partial charge on any atom is -0.335 e. The Bertz CT molecular complexity index is 1060. The molecule has 2 aliphatic carbocycles.